The molecule has 0 heterocycles. The highest BCUT2D eigenvalue weighted by Gasteiger charge is 2.41. The van der Waals surface area contributed by atoms with Crippen molar-refractivity contribution in [1.29, 1.82) is 0 Å². The van der Waals surface area contributed by atoms with Gasteiger partial charge in [0.25, 0.3) is 0 Å². The van der Waals surface area contributed by atoms with E-state index in [2.05, 4.69) is 26.1 Å². The van der Waals surface area contributed by atoms with Crippen LogP contribution in [0.5, 0.6) is 0 Å². The number of carbonyl (C=O) groups is 1. The standard InChI is InChI=1S/C11H21NO/c1-10(2,3)11(4,5)9(13)12-8-6-7-8/h8H,6-7H2,1-5H3,(H,12,13). The lowest BCUT2D eigenvalue weighted by Gasteiger charge is -2.37. The van der Waals surface area contributed by atoms with Gasteiger partial charge in [-0.2, -0.15) is 0 Å². The zero-order chi connectivity index (χ0) is 10.3. The SMILES string of the molecule is CC(C)(C)C(C)(C)C(=O)NC1CC1. The van der Waals surface area contributed by atoms with Crippen LogP contribution in [0.1, 0.15) is 47.5 Å². The van der Waals surface area contributed by atoms with E-state index in [4.69, 9.17) is 0 Å². The highest BCUT2D eigenvalue weighted by Crippen LogP contribution is 2.38. The minimum atomic E-state index is -0.282. The first-order valence-corrected chi connectivity index (χ1v) is 5.06. The van der Waals surface area contributed by atoms with E-state index in [0.29, 0.717) is 6.04 Å². The third-order valence-electron chi connectivity index (χ3n) is 3.36. The number of nitrogens with one attached hydrogen (secondary N) is 1. The number of hydrogen-bond donors (Lipinski definition) is 1. The van der Waals surface area contributed by atoms with E-state index < -0.39 is 0 Å². The molecule has 0 aromatic carbocycles. The number of amides is 1. The summed E-state index contributed by atoms with van der Waals surface area (Å²) >= 11 is 0. The molecule has 1 fully saturated rings. The summed E-state index contributed by atoms with van der Waals surface area (Å²) in [4.78, 5) is 11.9. The van der Waals surface area contributed by atoms with E-state index in [1.54, 1.807) is 0 Å². The molecule has 0 bridgehead atoms. The van der Waals surface area contributed by atoms with Gasteiger partial charge in [0.05, 0.1) is 0 Å². The maximum atomic E-state index is 11.9. The normalized spacial score (nSPS) is 18.5. The number of rotatable bonds is 2. The van der Waals surface area contributed by atoms with Crippen LogP contribution in [0.15, 0.2) is 0 Å². The van der Waals surface area contributed by atoms with Gasteiger partial charge in [-0.3, -0.25) is 4.79 Å². The van der Waals surface area contributed by atoms with E-state index >= 15 is 0 Å². The molecule has 1 aliphatic carbocycles. The van der Waals surface area contributed by atoms with Crippen molar-refractivity contribution in [3.05, 3.63) is 0 Å². The Morgan fingerprint density at radius 3 is 1.92 bits per heavy atom. The predicted octanol–water partition coefficient (Wildman–Crippen LogP) is 2.34. The maximum Gasteiger partial charge on any atom is 0.226 e. The third-order valence-corrected chi connectivity index (χ3v) is 3.36. The minimum Gasteiger partial charge on any atom is -0.353 e. The zero-order valence-corrected chi connectivity index (χ0v) is 9.40. The highest BCUT2D eigenvalue weighted by atomic mass is 16.2. The van der Waals surface area contributed by atoms with Crippen LogP contribution in [-0.2, 0) is 4.79 Å². The molecule has 0 atom stereocenters. The Balaban J connectivity index is 2.61. The minimum absolute atomic E-state index is 0.0198. The second-order valence-electron chi connectivity index (χ2n) is 5.62. The molecule has 2 nitrogen and oxygen atoms in total. The van der Waals surface area contributed by atoms with Crippen molar-refractivity contribution in [2.45, 2.75) is 53.5 Å². The summed E-state index contributed by atoms with van der Waals surface area (Å²) in [6.45, 7) is 10.4. The quantitative estimate of drug-likeness (QED) is 0.699. The van der Waals surface area contributed by atoms with Crippen LogP contribution < -0.4 is 5.32 Å². The largest absolute Gasteiger partial charge is 0.353 e. The molecule has 1 aliphatic rings. The molecular formula is C11H21NO. The molecule has 1 saturated carbocycles. The van der Waals surface area contributed by atoms with Crippen LogP contribution in [0.4, 0.5) is 0 Å². The molecule has 0 radical (unpaired) electrons. The van der Waals surface area contributed by atoms with E-state index in [1.165, 1.54) is 0 Å². The summed E-state index contributed by atoms with van der Waals surface area (Å²) in [6, 6.07) is 0.467. The van der Waals surface area contributed by atoms with Gasteiger partial charge in [0.15, 0.2) is 0 Å². The fraction of sp³-hybridized carbons (Fsp3) is 0.909. The molecule has 76 valence electrons. The Morgan fingerprint density at radius 1 is 1.15 bits per heavy atom. The molecule has 13 heavy (non-hydrogen) atoms. The summed E-state index contributed by atoms with van der Waals surface area (Å²) < 4.78 is 0. The zero-order valence-electron chi connectivity index (χ0n) is 9.40. The molecule has 0 aliphatic heterocycles. The summed E-state index contributed by atoms with van der Waals surface area (Å²) in [5.74, 6) is 0.197. The Labute approximate surface area is 81.1 Å². The van der Waals surface area contributed by atoms with Crippen molar-refractivity contribution in [2.75, 3.05) is 0 Å². The van der Waals surface area contributed by atoms with Crippen LogP contribution >= 0.6 is 0 Å². The van der Waals surface area contributed by atoms with Crippen molar-refractivity contribution in [1.82, 2.24) is 5.32 Å². The highest BCUT2D eigenvalue weighted by molar-refractivity contribution is 5.83. The molecule has 0 spiro atoms. The van der Waals surface area contributed by atoms with Crippen LogP contribution in [0.2, 0.25) is 0 Å². The van der Waals surface area contributed by atoms with Crippen LogP contribution in [0, 0.1) is 10.8 Å². The van der Waals surface area contributed by atoms with Gasteiger partial charge in [0.2, 0.25) is 5.91 Å². The lowest BCUT2D eigenvalue weighted by atomic mass is 9.69. The Morgan fingerprint density at radius 2 is 1.62 bits per heavy atom. The lowest BCUT2D eigenvalue weighted by molar-refractivity contribution is -0.134. The maximum absolute atomic E-state index is 11.9. The van der Waals surface area contributed by atoms with Gasteiger partial charge in [-0.1, -0.05) is 34.6 Å². The Kier molecular flexibility index (Phi) is 2.44. The van der Waals surface area contributed by atoms with Gasteiger partial charge in [0.1, 0.15) is 0 Å². The molecule has 1 N–H and O–H groups in total. The topological polar surface area (TPSA) is 29.1 Å². The van der Waals surface area contributed by atoms with Crippen molar-refractivity contribution in [3.63, 3.8) is 0 Å². The molecule has 0 aromatic rings. The molecular weight excluding hydrogens is 162 g/mol. The Hall–Kier alpha value is -0.530. The van der Waals surface area contributed by atoms with Gasteiger partial charge in [0, 0.05) is 11.5 Å². The first-order valence-electron chi connectivity index (χ1n) is 5.06. The van der Waals surface area contributed by atoms with Crippen LogP contribution in [0.25, 0.3) is 0 Å². The lowest BCUT2D eigenvalue weighted by Crippen LogP contribution is -2.45. The molecule has 0 aromatic heterocycles. The summed E-state index contributed by atoms with van der Waals surface area (Å²) in [7, 11) is 0. The number of hydrogen-bond acceptors (Lipinski definition) is 1. The summed E-state index contributed by atoms with van der Waals surface area (Å²) in [5, 5.41) is 3.06. The predicted molar refractivity (Wildman–Crippen MR) is 54.4 cm³/mol. The Bertz CT molecular complexity index is 209. The molecule has 0 unspecified atom stereocenters. The average molecular weight is 183 g/mol. The molecule has 1 amide bonds. The number of carbonyl (C=O) groups excluding carboxylic acids is 1. The first-order chi connectivity index (χ1) is 5.75. The smallest absolute Gasteiger partial charge is 0.226 e. The van der Waals surface area contributed by atoms with Crippen LogP contribution in [0.3, 0.4) is 0 Å². The van der Waals surface area contributed by atoms with E-state index in [1.807, 2.05) is 13.8 Å². The monoisotopic (exact) mass is 183 g/mol. The van der Waals surface area contributed by atoms with Crippen molar-refractivity contribution in [2.24, 2.45) is 10.8 Å². The molecule has 0 saturated heterocycles. The first kappa shape index (κ1) is 10.6. The second-order valence-corrected chi connectivity index (χ2v) is 5.62. The van der Waals surface area contributed by atoms with E-state index in [9.17, 15) is 4.79 Å². The fourth-order valence-electron chi connectivity index (χ4n) is 0.934. The van der Waals surface area contributed by atoms with E-state index in [-0.39, 0.29) is 16.7 Å². The average Bonchev–Trinajstić information content (AvgIpc) is 2.68. The van der Waals surface area contributed by atoms with Gasteiger partial charge < -0.3 is 5.32 Å². The van der Waals surface area contributed by atoms with Gasteiger partial charge >= 0.3 is 0 Å². The fourth-order valence-corrected chi connectivity index (χ4v) is 0.934. The molecule has 2 heteroatoms. The summed E-state index contributed by atoms with van der Waals surface area (Å²) in [5.41, 5.74) is -0.262. The van der Waals surface area contributed by atoms with Gasteiger partial charge in [-0.05, 0) is 18.3 Å². The van der Waals surface area contributed by atoms with Crippen molar-refractivity contribution < 1.29 is 4.79 Å². The van der Waals surface area contributed by atoms with Crippen LogP contribution in [-0.4, -0.2) is 11.9 Å². The molecule has 1 rings (SSSR count). The second kappa shape index (κ2) is 3.00. The summed E-state index contributed by atoms with van der Waals surface area (Å²) in [6.07, 6.45) is 2.32. The van der Waals surface area contributed by atoms with Crippen molar-refractivity contribution >= 4 is 5.91 Å². The van der Waals surface area contributed by atoms with Gasteiger partial charge in [-0.25, -0.2) is 0 Å². The third kappa shape index (κ3) is 2.23. The van der Waals surface area contributed by atoms with Gasteiger partial charge in [-0.15, -0.1) is 0 Å². The van der Waals surface area contributed by atoms with Crippen molar-refractivity contribution in [3.8, 4) is 0 Å². The van der Waals surface area contributed by atoms with E-state index in [0.717, 1.165) is 12.8 Å².